The van der Waals surface area contributed by atoms with Crippen LogP contribution in [-0.4, -0.2) is 35.8 Å². The molecule has 7 heteroatoms. The number of hydrogen-bond donors (Lipinski definition) is 2. The molecular weight excluding hydrogens is 288 g/mol. The molecule has 0 saturated heterocycles. The van der Waals surface area contributed by atoms with E-state index in [2.05, 4.69) is 20.6 Å². The minimum atomic E-state index is -0.273. The number of pyridine rings is 1. The molecule has 0 aromatic carbocycles. The van der Waals surface area contributed by atoms with E-state index in [0.717, 1.165) is 16.1 Å². The van der Waals surface area contributed by atoms with E-state index in [-0.39, 0.29) is 6.03 Å². The SMILES string of the molecule is CCOCCNC(=O)Nc1nc(C)c(-c2ccncc2)s1. The molecule has 0 spiro atoms. The average molecular weight is 306 g/mol. The molecule has 0 unspecified atom stereocenters. The van der Waals surface area contributed by atoms with Crippen molar-refractivity contribution in [3.8, 4) is 10.4 Å². The van der Waals surface area contributed by atoms with Crippen molar-refractivity contribution in [3.63, 3.8) is 0 Å². The van der Waals surface area contributed by atoms with E-state index in [4.69, 9.17) is 4.74 Å². The summed E-state index contributed by atoms with van der Waals surface area (Å²) in [5, 5.41) is 6.03. The number of anilines is 1. The zero-order valence-corrected chi connectivity index (χ0v) is 12.9. The van der Waals surface area contributed by atoms with Crippen LogP contribution in [-0.2, 0) is 4.74 Å². The molecule has 0 aliphatic heterocycles. The smallest absolute Gasteiger partial charge is 0.321 e. The summed E-state index contributed by atoms with van der Waals surface area (Å²) >= 11 is 1.44. The highest BCUT2D eigenvalue weighted by atomic mass is 32.1. The second-order valence-electron chi connectivity index (χ2n) is 4.25. The van der Waals surface area contributed by atoms with Crippen LogP contribution in [0.3, 0.4) is 0 Å². The maximum absolute atomic E-state index is 11.7. The van der Waals surface area contributed by atoms with Crippen molar-refractivity contribution in [2.24, 2.45) is 0 Å². The van der Waals surface area contributed by atoms with Crippen LogP contribution in [0.1, 0.15) is 12.6 Å². The van der Waals surface area contributed by atoms with Gasteiger partial charge in [0.05, 0.1) is 17.2 Å². The molecule has 0 fully saturated rings. The molecule has 2 amide bonds. The number of aryl methyl sites for hydroxylation is 1. The lowest BCUT2D eigenvalue weighted by Crippen LogP contribution is -2.31. The van der Waals surface area contributed by atoms with E-state index in [1.54, 1.807) is 12.4 Å². The molecule has 0 aliphatic rings. The Labute approximate surface area is 127 Å². The maximum atomic E-state index is 11.7. The lowest BCUT2D eigenvalue weighted by molar-refractivity contribution is 0.150. The molecule has 0 saturated carbocycles. The molecule has 2 heterocycles. The van der Waals surface area contributed by atoms with Gasteiger partial charge >= 0.3 is 6.03 Å². The van der Waals surface area contributed by atoms with Gasteiger partial charge in [-0.15, -0.1) is 0 Å². The number of aromatic nitrogens is 2. The Hall–Kier alpha value is -1.99. The minimum Gasteiger partial charge on any atom is -0.380 e. The molecule has 2 rings (SSSR count). The summed E-state index contributed by atoms with van der Waals surface area (Å²) in [5.41, 5.74) is 1.93. The third-order valence-corrected chi connectivity index (χ3v) is 3.82. The largest absolute Gasteiger partial charge is 0.380 e. The van der Waals surface area contributed by atoms with Gasteiger partial charge < -0.3 is 10.1 Å². The Bertz CT molecular complexity index is 586. The molecule has 112 valence electrons. The molecule has 0 aliphatic carbocycles. The molecule has 0 bridgehead atoms. The van der Waals surface area contributed by atoms with Crippen LogP contribution in [0, 0.1) is 6.92 Å². The highest BCUT2D eigenvalue weighted by molar-refractivity contribution is 7.19. The minimum absolute atomic E-state index is 0.273. The summed E-state index contributed by atoms with van der Waals surface area (Å²) < 4.78 is 5.15. The predicted octanol–water partition coefficient (Wildman–Crippen LogP) is 2.67. The highest BCUT2D eigenvalue weighted by Gasteiger charge is 2.11. The molecule has 2 aromatic heterocycles. The molecule has 0 atom stereocenters. The van der Waals surface area contributed by atoms with Crippen molar-refractivity contribution in [2.75, 3.05) is 25.1 Å². The van der Waals surface area contributed by atoms with Crippen molar-refractivity contribution < 1.29 is 9.53 Å². The van der Waals surface area contributed by atoms with Gasteiger partial charge in [-0.05, 0) is 31.5 Å². The first-order valence-corrected chi connectivity index (χ1v) is 7.52. The molecule has 21 heavy (non-hydrogen) atoms. The normalized spacial score (nSPS) is 10.4. The van der Waals surface area contributed by atoms with Gasteiger partial charge in [-0.3, -0.25) is 10.3 Å². The fraction of sp³-hybridized carbons (Fsp3) is 0.357. The number of ether oxygens (including phenoxy) is 1. The number of hydrogen-bond acceptors (Lipinski definition) is 5. The zero-order chi connectivity index (χ0) is 15.1. The molecular formula is C14H18N4O2S. The number of carbonyl (C=O) groups is 1. The van der Waals surface area contributed by atoms with Gasteiger partial charge in [0.2, 0.25) is 0 Å². The number of rotatable bonds is 6. The molecule has 0 radical (unpaired) electrons. The Morgan fingerprint density at radius 2 is 2.14 bits per heavy atom. The number of thiazole rings is 1. The lowest BCUT2D eigenvalue weighted by Gasteiger charge is -2.04. The maximum Gasteiger partial charge on any atom is 0.321 e. The standard InChI is InChI=1S/C14H18N4O2S/c1-3-20-9-8-16-13(19)18-14-17-10(2)12(21-14)11-4-6-15-7-5-11/h4-7H,3,8-9H2,1-2H3,(H2,16,17,18,19). The number of nitrogens with one attached hydrogen (secondary N) is 2. The van der Waals surface area contributed by atoms with Gasteiger partial charge in [0.1, 0.15) is 0 Å². The third-order valence-electron chi connectivity index (χ3n) is 2.70. The summed E-state index contributed by atoms with van der Waals surface area (Å²) in [6.07, 6.45) is 3.48. The highest BCUT2D eigenvalue weighted by Crippen LogP contribution is 2.32. The lowest BCUT2D eigenvalue weighted by atomic mass is 10.2. The van der Waals surface area contributed by atoms with E-state index in [9.17, 15) is 4.79 Å². The van der Waals surface area contributed by atoms with E-state index in [1.165, 1.54) is 11.3 Å². The van der Waals surface area contributed by atoms with Gasteiger partial charge in [-0.25, -0.2) is 9.78 Å². The molecule has 2 aromatic rings. The second kappa shape index (κ2) is 7.70. The topological polar surface area (TPSA) is 76.1 Å². The van der Waals surface area contributed by atoms with Crippen LogP contribution in [0.25, 0.3) is 10.4 Å². The van der Waals surface area contributed by atoms with Gasteiger partial charge in [0, 0.05) is 25.5 Å². The Morgan fingerprint density at radius 1 is 1.38 bits per heavy atom. The number of carbonyl (C=O) groups excluding carboxylic acids is 1. The van der Waals surface area contributed by atoms with Crippen LogP contribution in [0.2, 0.25) is 0 Å². The summed E-state index contributed by atoms with van der Waals surface area (Å²) in [6.45, 7) is 5.46. The van der Waals surface area contributed by atoms with E-state index in [1.807, 2.05) is 26.0 Å². The quantitative estimate of drug-likeness (QED) is 0.805. The Balaban J connectivity index is 1.95. The molecule has 2 N–H and O–H groups in total. The van der Waals surface area contributed by atoms with Crippen LogP contribution < -0.4 is 10.6 Å². The van der Waals surface area contributed by atoms with Crippen molar-refractivity contribution in [1.29, 1.82) is 0 Å². The first kappa shape index (κ1) is 15.4. The van der Waals surface area contributed by atoms with Gasteiger partial charge in [0.15, 0.2) is 5.13 Å². The summed E-state index contributed by atoms with van der Waals surface area (Å²) in [6, 6.07) is 3.57. The van der Waals surface area contributed by atoms with Crippen molar-refractivity contribution in [3.05, 3.63) is 30.2 Å². The van der Waals surface area contributed by atoms with Gasteiger partial charge in [0.25, 0.3) is 0 Å². The van der Waals surface area contributed by atoms with Crippen LogP contribution in [0.5, 0.6) is 0 Å². The van der Waals surface area contributed by atoms with Crippen molar-refractivity contribution in [2.45, 2.75) is 13.8 Å². The second-order valence-corrected chi connectivity index (χ2v) is 5.25. The Morgan fingerprint density at radius 3 is 2.86 bits per heavy atom. The third kappa shape index (κ3) is 4.51. The predicted molar refractivity (Wildman–Crippen MR) is 83.6 cm³/mol. The van der Waals surface area contributed by atoms with Crippen LogP contribution >= 0.6 is 11.3 Å². The first-order valence-electron chi connectivity index (χ1n) is 6.71. The molecule has 6 nitrogen and oxygen atoms in total. The van der Waals surface area contributed by atoms with Crippen LogP contribution in [0.15, 0.2) is 24.5 Å². The summed E-state index contributed by atoms with van der Waals surface area (Å²) in [4.78, 5) is 21.1. The first-order chi connectivity index (χ1) is 10.2. The fourth-order valence-corrected chi connectivity index (χ4v) is 2.71. The number of amides is 2. The average Bonchev–Trinajstić information content (AvgIpc) is 2.85. The van der Waals surface area contributed by atoms with Crippen LogP contribution in [0.4, 0.5) is 9.93 Å². The summed E-state index contributed by atoms with van der Waals surface area (Å²) in [5.74, 6) is 0. The van der Waals surface area contributed by atoms with Gasteiger partial charge in [-0.2, -0.15) is 0 Å². The van der Waals surface area contributed by atoms with E-state index >= 15 is 0 Å². The summed E-state index contributed by atoms with van der Waals surface area (Å²) in [7, 11) is 0. The van der Waals surface area contributed by atoms with Gasteiger partial charge in [-0.1, -0.05) is 11.3 Å². The number of urea groups is 1. The van der Waals surface area contributed by atoms with E-state index in [0.29, 0.717) is 24.9 Å². The van der Waals surface area contributed by atoms with E-state index < -0.39 is 0 Å². The van der Waals surface area contributed by atoms with Crippen molar-refractivity contribution >= 4 is 22.5 Å². The Kier molecular flexibility index (Phi) is 5.65. The fourth-order valence-electron chi connectivity index (χ4n) is 1.74. The zero-order valence-electron chi connectivity index (χ0n) is 12.0. The van der Waals surface area contributed by atoms with Crippen molar-refractivity contribution in [1.82, 2.24) is 15.3 Å². The monoisotopic (exact) mass is 306 g/mol. The number of nitrogens with zero attached hydrogens (tertiary/aromatic N) is 2.